The SMILES string of the molecule is Cc1nn(-c2ccccc2)c(CN2C(=O)N[C@@]3(CCc4ccccc43)C2=O)c1C#N. The van der Waals surface area contributed by atoms with Crippen molar-refractivity contribution in [2.24, 2.45) is 0 Å². The Morgan fingerprint density at radius 3 is 2.63 bits per heavy atom. The minimum Gasteiger partial charge on any atom is -0.319 e. The number of aryl methyl sites for hydroxylation is 2. The summed E-state index contributed by atoms with van der Waals surface area (Å²) in [4.78, 5) is 27.6. The Bertz CT molecular complexity index is 1220. The molecule has 2 heterocycles. The van der Waals surface area contributed by atoms with Crippen LogP contribution in [0.1, 0.15) is 34.5 Å². The minimum absolute atomic E-state index is 0.0206. The van der Waals surface area contributed by atoms with Crippen molar-refractivity contribution in [3.8, 4) is 11.8 Å². The van der Waals surface area contributed by atoms with Gasteiger partial charge in [-0.1, -0.05) is 42.5 Å². The summed E-state index contributed by atoms with van der Waals surface area (Å²) < 4.78 is 1.64. The predicted molar refractivity (Wildman–Crippen MR) is 109 cm³/mol. The van der Waals surface area contributed by atoms with E-state index in [4.69, 9.17) is 0 Å². The Labute approximate surface area is 173 Å². The molecule has 0 saturated carbocycles. The molecule has 7 nitrogen and oxygen atoms in total. The fraction of sp³-hybridized carbons (Fsp3) is 0.217. The van der Waals surface area contributed by atoms with Crippen LogP contribution in [-0.4, -0.2) is 26.6 Å². The number of hydrogen-bond donors (Lipinski definition) is 1. The van der Waals surface area contributed by atoms with E-state index >= 15 is 0 Å². The monoisotopic (exact) mass is 397 g/mol. The summed E-state index contributed by atoms with van der Waals surface area (Å²) in [5.74, 6) is -0.278. The first-order valence-electron chi connectivity index (χ1n) is 9.81. The topological polar surface area (TPSA) is 91.0 Å². The van der Waals surface area contributed by atoms with Crippen LogP contribution < -0.4 is 5.32 Å². The van der Waals surface area contributed by atoms with Crippen molar-refractivity contribution in [3.05, 3.63) is 82.7 Å². The van der Waals surface area contributed by atoms with E-state index in [0.717, 1.165) is 23.2 Å². The van der Waals surface area contributed by atoms with Gasteiger partial charge in [-0.2, -0.15) is 10.4 Å². The van der Waals surface area contributed by atoms with Crippen LogP contribution in [0.15, 0.2) is 54.6 Å². The highest BCUT2D eigenvalue weighted by Gasteiger charge is 2.55. The van der Waals surface area contributed by atoms with Crippen molar-refractivity contribution >= 4 is 11.9 Å². The van der Waals surface area contributed by atoms with Crippen LogP contribution in [0.2, 0.25) is 0 Å². The first kappa shape index (κ1) is 18.1. The molecule has 1 fully saturated rings. The van der Waals surface area contributed by atoms with Gasteiger partial charge in [-0.05, 0) is 43.0 Å². The lowest BCUT2D eigenvalue weighted by molar-refractivity contribution is -0.132. The maximum absolute atomic E-state index is 13.5. The third kappa shape index (κ3) is 2.47. The number of benzene rings is 2. The van der Waals surface area contributed by atoms with Crippen LogP contribution in [0.5, 0.6) is 0 Å². The number of nitrogens with zero attached hydrogens (tertiary/aromatic N) is 4. The smallest absolute Gasteiger partial charge is 0.319 e. The first-order chi connectivity index (χ1) is 14.5. The molecule has 1 aliphatic carbocycles. The number of aromatic nitrogens is 2. The van der Waals surface area contributed by atoms with Gasteiger partial charge in [-0.3, -0.25) is 9.69 Å². The van der Waals surface area contributed by atoms with Crippen molar-refractivity contribution < 1.29 is 9.59 Å². The van der Waals surface area contributed by atoms with Crippen LogP contribution in [0, 0.1) is 18.3 Å². The second-order valence-corrected chi connectivity index (χ2v) is 7.65. The quantitative estimate of drug-likeness (QED) is 0.688. The average Bonchev–Trinajstić information content (AvgIpc) is 3.37. The molecule has 3 amide bonds. The van der Waals surface area contributed by atoms with Crippen LogP contribution in [0.25, 0.3) is 5.69 Å². The van der Waals surface area contributed by atoms with Gasteiger partial charge in [0.25, 0.3) is 5.91 Å². The Hall–Kier alpha value is -3.92. The number of rotatable bonds is 3. The molecule has 3 aromatic rings. The highest BCUT2D eigenvalue weighted by molar-refractivity contribution is 6.08. The van der Waals surface area contributed by atoms with Crippen LogP contribution >= 0.6 is 0 Å². The van der Waals surface area contributed by atoms with Gasteiger partial charge in [0.05, 0.1) is 29.2 Å². The minimum atomic E-state index is -1.02. The van der Waals surface area contributed by atoms with Crippen LogP contribution in [0.3, 0.4) is 0 Å². The van der Waals surface area contributed by atoms with E-state index in [1.54, 1.807) is 11.6 Å². The molecule has 1 aromatic heterocycles. The number of carbonyl (C=O) groups excluding carboxylic acids is 2. The summed E-state index contributed by atoms with van der Waals surface area (Å²) in [6, 6.07) is 18.9. The summed E-state index contributed by atoms with van der Waals surface area (Å²) in [5, 5.41) is 17.1. The molecule has 30 heavy (non-hydrogen) atoms. The Morgan fingerprint density at radius 1 is 1.13 bits per heavy atom. The van der Waals surface area contributed by atoms with E-state index in [1.807, 2.05) is 54.6 Å². The molecule has 1 spiro atoms. The number of fused-ring (bicyclic) bond motifs is 2. The average molecular weight is 397 g/mol. The lowest BCUT2D eigenvalue weighted by Gasteiger charge is -2.22. The Morgan fingerprint density at radius 2 is 1.87 bits per heavy atom. The molecular weight excluding hydrogens is 378 g/mol. The Balaban J connectivity index is 1.56. The van der Waals surface area contributed by atoms with Gasteiger partial charge < -0.3 is 5.32 Å². The molecule has 2 aliphatic rings. The van der Waals surface area contributed by atoms with E-state index in [9.17, 15) is 14.9 Å². The zero-order chi connectivity index (χ0) is 20.9. The summed E-state index contributed by atoms with van der Waals surface area (Å²) in [7, 11) is 0. The predicted octanol–water partition coefficient (Wildman–Crippen LogP) is 2.95. The molecule has 0 radical (unpaired) electrons. The number of nitriles is 1. The molecule has 148 valence electrons. The van der Waals surface area contributed by atoms with E-state index in [2.05, 4.69) is 16.5 Å². The largest absolute Gasteiger partial charge is 0.325 e. The summed E-state index contributed by atoms with van der Waals surface area (Å²) >= 11 is 0. The van der Waals surface area contributed by atoms with Crippen LogP contribution in [0.4, 0.5) is 4.79 Å². The summed E-state index contributed by atoms with van der Waals surface area (Å²) in [6.45, 7) is 1.73. The van der Waals surface area contributed by atoms with Gasteiger partial charge >= 0.3 is 6.03 Å². The first-order valence-corrected chi connectivity index (χ1v) is 9.81. The van der Waals surface area contributed by atoms with Crippen molar-refractivity contribution in [2.75, 3.05) is 0 Å². The van der Waals surface area contributed by atoms with Crippen LogP contribution in [-0.2, 0) is 23.3 Å². The lowest BCUT2D eigenvalue weighted by atomic mass is 9.92. The number of amides is 3. The summed E-state index contributed by atoms with van der Waals surface area (Å²) in [6.07, 6.45) is 1.27. The second-order valence-electron chi connectivity index (χ2n) is 7.65. The fourth-order valence-corrected chi connectivity index (χ4v) is 4.53. The number of urea groups is 1. The maximum atomic E-state index is 13.5. The standard InChI is InChI=1S/C23H19N5O2/c1-15-18(13-24)20(28(26-15)17-8-3-2-4-9-17)14-27-21(29)23(25-22(27)30)12-11-16-7-5-6-10-19(16)23/h2-10H,11-12,14H2,1H3,(H,25,30)/t23-/m1/s1. The molecule has 0 bridgehead atoms. The van der Waals surface area contributed by atoms with Crippen molar-refractivity contribution in [1.82, 2.24) is 20.0 Å². The maximum Gasteiger partial charge on any atom is 0.325 e. The molecule has 7 heteroatoms. The van der Waals surface area contributed by atoms with Crippen molar-refractivity contribution in [3.63, 3.8) is 0 Å². The molecule has 1 N–H and O–H groups in total. The third-order valence-electron chi connectivity index (χ3n) is 6.00. The molecule has 1 saturated heterocycles. The normalized spacial score (nSPS) is 19.8. The highest BCUT2D eigenvalue weighted by atomic mass is 16.2. The molecule has 1 aliphatic heterocycles. The number of carbonyl (C=O) groups is 2. The van der Waals surface area contributed by atoms with Gasteiger partial charge in [0.15, 0.2) is 0 Å². The molecule has 5 rings (SSSR count). The van der Waals surface area contributed by atoms with Gasteiger partial charge in [0, 0.05) is 0 Å². The molecular formula is C23H19N5O2. The van der Waals surface area contributed by atoms with Crippen molar-refractivity contribution in [1.29, 1.82) is 5.26 Å². The van der Waals surface area contributed by atoms with E-state index in [0.29, 0.717) is 23.4 Å². The lowest BCUT2D eigenvalue weighted by Crippen LogP contribution is -2.41. The number of para-hydroxylation sites is 1. The van der Waals surface area contributed by atoms with E-state index in [-0.39, 0.29) is 12.5 Å². The number of imide groups is 1. The summed E-state index contributed by atoms with van der Waals surface area (Å²) in [5.41, 5.74) is 3.15. The number of hydrogen-bond acceptors (Lipinski definition) is 4. The highest BCUT2D eigenvalue weighted by Crippen LogP contribution is 2.41. The van der Waals surface area contributed by atoms with E-state index in [1.165, 1.54) is 4.90 Å². The third-order valence-corrected chi connectivity index (χ3v) is 6.00. The fourth-order valence-electron chi connectivity index (χ4n) is 4.53. The van der Waals surface area contributed by atoms with Gasteiger partial charge in [-0.15, -0.1) is 0 Å². The second kappa shape index (κ2) is 6.56. The Kier molecular flexibility index (Phi) is 3.97. The molecule has 0 unspecified atom stereocenters. The molecule has 1 atom stereocenters. The van der Waals surface area contributed by atoms with Gasteiger partial charge in [0.2, 0.25) is 0 Å². The molecule has 2 aromatic carbocycles. The van der Waals surface area contributed by atoms with Gasteiger partial charge in [0.1, 0.15) is 11.6 Å². The van der Waals surface area contributed by atoms with Crippen molar-refractivity contribution in [2.45, 2.75) is 31.8 Å². The zero-order valence-electron chi connectivity index (χ0n) is 16.4. The van der Waals surface area contributed by atoms with E-state index < -0.39 is 11.6 Å². The number of nitrogens with one attached hydrogen (secondary N) is 1. The van der Waals surface area contributed by atoms with Gasteiger partial charge in [-0.25, -0.2) is 9.48 Å². The zero-order valence-corrected chi connectivity index (χ0v) is 16.4.